The molecule has 1 aromatic heterocycles. The van der Waals surface area contributed by atoms with Gasteiger partial charge in [-0.1, -0.05) is 53.6 Å². The average molecular weight is 364 g/mol. The summed E-state index contributed by atoms with van der Waals surface area (Å²) < 4.78 is 1.85. The molecule has 132 valence electrons. The zero-order valence-corrected chi connectivity index (χ0v) is 15.9. The van der Waals surface area contributed by atoms with E-state index in [9.17, 15) is 4.79 Å². The maximum Gasteiger partial charge on any atom is 0.263 e. The molecule has 0 saturated carbocycles. The van der Waals surface area contributed by atoms with E-state index in [0.29, 0.717) is 10.6 Å². The van der Waals surface area contributed by atoms with Gasteiger partial charge >= 0.3 is 0 Å². The number of rotatable bonds is 2. The molecule has 2 nitrogen and oxygen atoms in total. The molecule has 3 heteroatoms. The minimum Gasteiger partial charge on any atom is -0.287 e. The van der Waals surface area contributed by atoms with Crippen LogP contribution in [0.15, 0.2) is 48.7 Å². The van der Waals surface area contributed by atoms with E-state index < -0.39 is 0 Å². The minimum atomic E-state index is -0.0235. The lowest BCUT2D eigenvalue weighted by atomic mass is 9.92. The van der Waals surface area contributed by atoms with Gasteiger partial charge in [0.15, 0.2) is 0 Å². The molecule has 3 aromatic rings. The predicted octanol–water partition coefficient (Wildman–Crippen LogP) is 5.99. The van der Waals surface area contributed by atoms with Crippen molar-refractivity contribution in [2.75, 3.05) is 0 Å². The lowest BCUT2D eigenvalue weighted by Crippen LogP contribution is -2.17. The number of benzene rings is 2. The van der Waals surface area contributed by atoms with Crippen molar-refractivity contribution in [2.45, 2.75) is 39.5 Å². The SMILES string of the molecule is Cc1ccc(-c2cn(C(=O)c3c(C)cccc3Cl)c3c2CCCC3)cc1. The molecular formula is C23H22ClNO. The van der Waals surface area contributed by atoms with Crippen LogP contribution < -0.4 is 0 Å². The maximum absolute atomic E-state index is 13.3. The van der Waals surface area contributed by atoms with Crippen LogP contribution in [0.1, 0.15) is 45.6 Å². The molecule has 0 bridgehead atoms. The molecule has 0 atom stereocenters. The second kappa shape index (κ2) is 6.77. The summed E-state index contributed by atoms with van der Waals surface area (Å²) in [6, 6.07) is 14.2. The summed E-state index contributed by atoms with van der Waals surface area (Å²) in [7, 11) is 0. The Morgan fingerprint density at radius 2 is 1.73 bits per heavy atom. The largest absolute Gasteiger partial charge is 0.287 e. The van der Waals surface area contributed by atoms with Gasteiger partial charge in [-0.15, -0.1) is 0 Å². The number of hydrogen-bond donors (Lipinski definition) is 0. The van der Waals surface area contributed by atoms with Crippen molar-refractivity contribution in [3.63, 3.8) is 0 Å². The lowest BCUT2D eigenvalue weighted by molar-refractivity contribution is 0.0956. The third-order valence-corrected chi connectivity index (χ3v) is 5.64. The smallest absolute Gasteiger partial charge is 0.263 e. The first kappa shape index (κ1) is 17.1. The highest BCUT2D eigenvalue weighted by molar-refractivity contribution is 6.34. The monoisotopic (exact) mass is 363 g/mol. The molecule has 0 amide bonds. The third-order valence-electron chi connectivity index (χ3n) is 5.33. The molecule has 4 rings (SSSR count). The Labute approximate surface area is 159 Å². The molecule has 1 aliphatic rings. The second-order valence-electron chi connectivity index (χ2n) is 7.15. The van der Waals surface area contributed by atoms with E-state index >= 15 is 0 Å². The van der Waals surface area contributed by atoms with Crippen LogP contribution in [0.3, 0.4) is 0 Å². The summed E-state index contributed by atoms with van der Waals surface area (Å²) in [5, 5.41) is 0.519. The second-order valence-corrected chi connectivity index (χ2v) is 7.56. The summed E-state index contributed by atoms with van der Waals surface area (Å²) in [4.78, 5) is 13.3. The molecule has 1 aliphatic carbocycles. The van der Waals surface area contributed by atoms with Crippen molar-refractivity contribution in [1.82, 2.24) is 4.57 Å². The van der Waals surface area contributed by atoms with E-state index in [0.717, 1.165) is 30.5 Å². The molecule has 1 heterocycles. The third kappa shape index (κ3) is 2.89. The van der Waals surface area contributed by atoms with Gasteiger partial charge in [-0.3, -0.25) is 9.36 Å². The van der Waals surface area contributed by atoms with Crippen LogP contribution in [0.5, 0.6) is 0 Å². The topological polar surface area (TPSA) is 22.0 Å². The number of carbonyl (C=O) groups excluding carboxylic acids is 1. The van der Waals surface area contributed by atoms with Gasteiger partial charge in [0, 0.05) is 17.5 Å². The summed E-state index contributed by atoms with van der Waals surface area (Å²) in [6.07, 6.45) is 6.29. The van der Waals surface area contributed by atoms with Gasteiger partial charge in [-0.05, 0) is 62.3 Å². The number of carbonyl (C=O) groups is 1. The van der Waals surface area contributed by atoms with Crippen LogP contribution in [0.25, 0.3) is 11.1 Å². The van der Waals surface area contributed by atoms with Gasteiger partial charge in [0.1, 0.15) is 0 Å². The van der Waals surface area contributed by atoms with Crippen LogP contribution in [0.4, 0.5) is 0 Å². The van der Waals surface area contributed by atoms with Gasteiger partial charge in [0.2, 0.25) is 0 Å². The Kier molecular flexibility index (Phi) is 4.46. The van der Waals surface area contributed by atoms with E-state index in [2.05, 4.69) is 31.2 Å². The number of aromatic nitrogens is 1. The van der Waals surface area contributed by atoms with Crippen molar-refractivity contribution in [3.05, 3.63) is 81.6 Å². The van der Waals surface area contributed by atoms with Crippen LogP contribution in [-0.2, 0) is 12.8 Å². The highest BCUT2D eigenvalue weighted by Crippen LogP contribution is 2.35. The first-order valence-electron chi connectivity index (χ1n) is 9.16. The predicted molar refractivity (Wildman–Crippen MR) is 107 cm³/mol. The summed E-state index contributed by atoms with van der Waals surface area (Å²) in [6.45, 7) is 4.03. The fourth-order valence-electron chi connectivity index (χ4n) is 3.92. The van der Waals surface area contributed by atoms with Crippen LogP contribution in [-0.4, -0.2) is 10.5 Å². The lowest BCUT2D eigenvalue weighted by Gasteiger charge is -2.16. The van der Waals surface area contributed by atoms with Crippen LogP contribution >= 0.6 is 11.6 Å². The van der Waals surface area contributed by atoms with E-state index in [1.807, 2.05) is 29.8 Å². The van der Waals surface area contributed by atoms with E-state index in [1.54, 1.807) is 6.07 Å². The van der Waals surface area contributed by atoms with Crippen molar-refractivity contribution >= 4 is 17.5 Å². The van der Waals surface area contributed by atoms with E-state index in [4.69, 9.17) is 11.6 Å². The quantitative estimate of drug-likeness (QED) is 0.547. The molecule has 0 unspecified atom stereocenters. The minimum absolute atomic E-state index is 0.0235. The average Bonchev–Trinajstić information content (AvgIpc) is 3.02. The number of nitrogens with zero attached hydrogens (tertiary/aromatic N) is 1. The van der Waals surface area contributed by atoms with Gasteiger partial charge in [-0.2, -0.15) is 0 Å². The number of hydrogen-bond acceptors (Lipinski definition) is 1. The van der Waals surface area contributed by atoms with E-state index in [-0.39, 0.29) is 5.91 Å². The molecule has 0 saturated heterocycles. The van der Waals surface area contributed by atoms with Gasteiger partial charge < -0.3 is 0 Å². The fraction of sp³-hybridized carbons (Fsp3) is 0.261. The molecule has 0 fully saturated rings. The van der Waals surface area contributed by atoms with Crippen molar-refractivity contribution in [2.24, 2.45) is 0 Å². The number of fused-ring (bicyclic) bond motifs is 1. The zero-order valence-electron chi connectivity index (χ0n) is 15.2. The Morgan fingerprint density at radius 1 is 1.00 bits per heavy atom. The van der Waals surface area contributed by atoms with Crippen molar-refractivity contribution in [1.29, 1.82) is 0 Å². The summed E-state index contributed by atoms with van der Waals surface area (Å²) >= 11 is 6.36. The number of halogens is 1. The maximum atomic E-state index is 13.3. The van der Waals surface area contributed by atoms with Crippen LogP contribution in [0, 0.1) is 13.8 Å². The Bertz CT molecular complexity index is 962. The summed E-state index contributed by atoms with van der Waals surface area (Å²) in [5.41, 5.74) is 7.58. The molecule has 0 N–H and O–H groups in total. The highest BCUT2D eigenvalue weighted by atomic mass is 35.5. The van der Waals surface area contributed by atoms with Gasteiger partial charge in [0.25, 0.3) is 5.91 Å². The van der Waals surface area contributed by atoms with Crippen LogP contribution in [0.2, 0.25) is 5.02 Å². The highest BCUT2D eigenvalue weighted by Gasteiger charge is 2.25. The fourth-order valence-corrected chi connectivity index (χ4v) is 4.22. The molecule has 2 aromatic carbocycles. The van der Waals surface area contributed by atoms with Crippen molar-refractivity contribution < 1.29 is 4.79 Å². The first-order valence-corrected chi connectivity index (χ1v) is 9.54. The summed E-state index contributed by atoms with van der Waals surface area (Å²) in [5.74, 6) is -0.0235. The number of aryl methyl sites for hydroxylation is 2. The van der Waals surface area contributed by atoms with E-state index in [1.165, 1.54) is 28.7 Å². The Balaban J connectivity index is 1.87. The zero-order chi connectivity index (χ0) is 18.3. The van der Waals surface area contributed by atoms with Gasteiger partial charge in [-0.25, -0.2) is 0 Å². The van der Waals surface area contributed by atoms with Crippen molar-refractivity contribution in [3.8, 4) is 11.1 Å². The molecule has 0 aliphatic heterocycles. The normalized spacial score (nSPS) is 13.5. The van der Waals surface area contributed by atoms with Gasteiger partial charge in [0.05, 0.1) is 10.6 Å². The first-order chi connectivity index (χ1) is 12.6. The Hall–Kier alpha value is -2.32. The molecular weight excluding hydrogens is 342 g/mol. The Morgan fingerprint density at radius 3 is 2.46 bits per heavy atom. The molecule has 0 spiro atoms. The molecule has 26 heavy (non-hydrogen) atoms. The molecule has 0 radical (unpaired) electrons. The standard InChI is InChI=1S/C23H22ClNO/c1-15-10-12-17(13-11-15)19-14-25(21-9-4-3-7-18(19)21)23(26)22-16(2)6-5-8-20(22)24/h5-6,8,10-14H,3-4,7,9H2,1-2H3.